The van der Waals surface area contributed by atoms with Crippen molar-refractivity contribution in [2.24, 2.45) is 10.8 Å². The van der Waals surface area contributed by atoms with Crippen molar-refractivity contribution in [3.8, 4) is 0 Å². The van der Waals surface area contributed by atoms with Crippen molar-refractivity contribution < 1.29 is 18.0 Å². The standard InChI is InChI=1S/C16H27N3O4S/c1-4-24(22,23)19-9-5-15(6-10-19)11-18(13(2)20)12-16(15)7-8-17(3)14(16)21/h4-12H2,1-3H3. The van der Waals surface area contributed by atoms with E-state index in [1.165, 1.54) is 0 Å². The van der Waals surface area contributed by atoms with Crippen LogP contribution >= 0.6 is 0 Å². The molecule has 0 aromatic carbocycles. The molecular weight excluding hydrogens is 330 g/mol. The van der Waals surface area contributed by atoms with Crippen molar-refractivity contribution in [1.82, 2.24) is 14.1 Å². The van der Waals surface area contributed by atoms with Gasteiger partial charge in [-0.2, -0.15) is 0 Å². The van der Waals surface area contributed by atoms with Gasteiger partial charge in [0.25, 0.3) is 0 Å². The van der Waals surface area contributed by atoms with E-state index in [-0.39, 0.29) is 23.0 Å². The molecule has 136 valence electrons. The fourth-order valence-corrected chi connectivity index (χ4v) is 5.98. The van der Waals surface area contributed by atoms with Crippen LogP contribution in [-0.4, -0.2) is 79.9 Å². The van der Waals surface area contributed by atoms with Crippen LogP contribution in [0.2, 0.25) is 0 Å². The van der Waals surface area contributed by atoms with Crippen LogP contribution in [0.3, 0.4) is 0 Å². The van der Waals surface area contributed by atoms with Gasteiger partial charge in [-0.1, -0.05) is 0 Å². The van der Waals surface area contributed by atoms with Crippen LogP contribution in [-0.2, 0) is 19.6 Å². The molecule has 3 saturated heterocycles. The highest BCUT2D eigenvalue weighted by atomic mass is 32.2. The third kappa shape index (κ3) is 2.37. The summed E-state index contributed by atoms with van der Waals surface area (Å²) in [5.74, 6) is 0.224. The average Bonchev–Trinajstić information content (AvgIpc) is 3.02. The van der Waals surface area contributed by atoms with E-state index in [4.69, 9.17) is 0 Å². The average molecular weight is 357 g/mol. The van der Waals surface area contributed by atoms with Crippen molar-refractivity contribution in [2.75, 3.05) is 45.5 Å². The lowest BCUT2D eigenvalue weighted by molar-refractivity contribution is -0.140. The van der Waals surface area contributed by atoms with E-state index in [1.807, 2.05) is 7.05 Å². The number of hydrogen-bond donors (Lipinski definition) is 0. The molecule has 0 aliphatic carbocycles. The first kappa shape index (κ1) is 17.7. The summed E-state index contributed by atoms with van der Waals surface area (Å²) in [6.07, 6.45) is 2.05. The topological polar surface area (TPSA) is 78.0 Å². The summed E-state index contributed by atoms with van der Waals surface area (Å²) in [6, 6.07) is 0. The molecular formula is C16H27N3O4S. The molecule has 2 amide bonds. The van der Waals surface area contributed by atoms with Gasteiger partial charge in [0, 0.05) is 52.1 Å². The van der Waals surface area contributed by atoms with Gasteiger partial charge in [-0.15, -0.1) is 0 Å². The van der Waals surface area contributed by atoms with E-state index >= 15 is 0 Å². The maximum absolute atomic E-state index is 13.0. The normalized spacial score (nSPS) is 30.7. The largest absolute Gasteiger partial charge is 0.345 e. The van der Waals surface area contributed by atoms with Crippen LogP contribution in [0.5, 0.6) is 0 Å². The van der Waals surface area contributed by atoms with Crippen molar-refractivity contribution in [1.29, 1.82) is 0 Å². The molecule has 0 saturated carbocycles. The highest BCUT2D eigenvalue weighted by molar-refractivity contribution is 7.89. The van der Waals surface area contributed by atoms with E-state index < -0.39 is 15.4 Å². The van der Waals surface area contributed by atoms with Crippen LogP contribution in [0.25, 0.3) is 0 Å². The third-order valence-corrected chi connectivity index (χ3v) is 8.36. The van der Waals surface area contributed by atoms with E-state index in [0.717, 1.165) is 6.42 Å². The highest BCUT2D eigenvalue weighted by Gasteiger charge is 2.65. The summed E-state index contributed by atoms with van der Waals surface area (Å²) >= 11 is 0. The smallest absolute Gasteiger partial charge is 0.231 e. The highest BCUT2D eigenvalue weighted by Crippen LogP contribution is 2.57. The summed E-state index contributed by atoms with van der Waals surface area (Å²) in [5, 5.41) is 0. The minimum atomic E-state index is -3.20. The lowest BCUT2D eigenvalue weighted by Gasteiger charge is -2.46. The lowest BCUT2D eigenvalue weighted by Crippen LogP contribution is -2.53. The van der Waals surface area contributed by atoms with Crippen LogP contribution in [0.1, 0.15) is 33.1 Å². The second-order valence-corrected chi connectivity index (χ2v) is 9.77. The second-order valence-electron chi connectivity index (χ2n) is 7.51. The number of sulfonamides is 1. The van der Waals surface area contributed by atoms with Gasteiger partial charge in [0.1, 0.15) is 0 Å². The van der Waals surface area contributed by atoms with Crippen LogP contribution < -0.4 is 0 Å². The first-order valence-corrected chi connectivity index (χ1v) is 10.3. The molecule has 0 aromatic rings. The van der Waals surface area contributed by atoms with E-state index in [9.17, 15) is 18.0 Å². The molecule has 3 rings (SSSR count). The minimum Gasteiger partial charge on any atom is -0.345 e. The van der Waals surface area contributed by atoms with Gasteiger partial charge in [-0.25, -0.2) is 12.7 Å². The molecule has 8 heteroatoms. The van der Waals surface area contributed by atoms with Crippen molar-refractivity contribution in [3.05, 3.63) is 0 Å². The number of nitrogens with zero attached hydrogens (tertiary/aromatic N) is 3. The lowest BCUT2D eigenvalue weighted by atomic mass is 9.60. The molecule has 7 nitrogen and oxygen atoms in total. The van der Waals surface area contributed by atoms with Gasteiger partial charge in [-0.3, -0.25) is 9.59 Å². The van der Waals surface area contributed by atoms with E-state index in [2.05, 4.69) is 0 Å². The quantitative estimate of drug-likeness (QED) is 0.704. The summed E-state index contributed by atoms with van der Waals surface area (Å²) in [7, 11) is -1.38. The summed E-state index contributed by atoms with van der Waals surface area (Å²) < 4.78 is 25.8. The summed E-state index contributed by atoms with van der Waals surface area (Å²) in [5.41, 5.74) is -0.824. The zero-order chi connectivity index (χ0) is 17.8. The third-order valence-electron chi connectivity index (χ3n) is 6.48. The molecule has 1 atom stereocenters. The molecule has 0 bridgehead atoms. The van der Waals surface area contributed by atoms with Gasteiger partial charge < -0.3 is 9.80 Å². The van der Waals surface area contributed by atoms with Crippen LogP contribution in [0.15, 0.2) is 0 Å². The minimum absolute atomic E-state index is 0.00258. The number of likely N-dealkylation sites (tertiary alicyclic amines) is 2. The molecule has 1 unspecified atom stereocenters. The zero-order valence-corrected chi connectivity index (χ0v) is 15.6. The Morgan fingerprint density at radius 1 is 1.12 bits per heavy atom. The molecule has 24 heavy (non-hydrogen) atoms. The SMILES string of the molecule is CCS(=O)(=O)N1CCC2(CC1)CN(C(C)=O)CC21CCN(C)C1=O. The number of carbonyl (C=O) groups is 2. The zero-order valence-electron chi connectivity index (χ0n) is 14.7. The first-order chi connectivity index (χ1) is 11.2. The van der Waals surface area contributed by atoms with Crippen molar-refractivity contribution >= 4 is 21.8 Å². The summed E-state index contributed by atoms with van der Waals surface area (Å²) in [6.45, 7) is 5.86. The second kappa shape index (κ2) is 5.69. The van der Waals surface area contributed by atoms with E-state index in [0.29, 0.717) is 45.6 Å². The number of fused-ring (bicyclic) bond motifs is 1. The Hall–Kier alpha value is -1.15. The Labute approximate surface area is 144 Å². The van der Waals surface area contributed by atoms with E-state index in [1.54, 1.807) is 28.0 Å². The molecule has 0 aromatic heterocycles. The monoisotopic (exact) mass is 357 g/mol. The van der Waals surface area contributed by atoms with Gasteiger partial charge in [-0.05, 0) is 26.2 Å². The van der Waals surface area contributed by atoms with Crippen molar-refractivity contribution in [3.63, 3.8) is 0 Å². The summed E-state index contributed by atoms with van der Waals surface area (Å²) in [4.78, 5) is 28.5. The maximum atomic E-state index is 13.0. The van der Waals surface area contributed by atoms with Gasteiger partial charge in [0.05, 0.1) is 11.2 Å². The Kier molecular flexibility index (Phi) is 4.19. The predicted octanol–water partition coefficient (Wildman–Crippen LogP) is 0.129. The molecule has 3 aliphatic rings. The molecule has 0 radical (unpaired) electrons. The van der Waals surface area contributed by atoms with Gasteiger partial charge >= 0.3 is 0 Å². The fourth-order valence-electron chi connectivity index (χ4n) is 4.87. The Morgan fingerprint density at radius 2 is 1.75 bits per heavy atom. The van der Waals surface area contributed by atoms with Gasteiger partial charge in [0.15, 0.2) is 0 Å². The Morgan fingerprint density at radius 3 is 2.21 bits per heavy atom. The fraction of sp³-hybridized carbons (Fsp3) is 0.875. The number of amides is 2. The Balaban J connectivity index is 1.91. The molecule has 3 aliphatic heterocycles. The van der Waals surface area contributed by atoms with Crippen LogP contribution in [0, 0.1) is 10.8 Å². The van der Waals surface area contributed by atoms with Gasteiger partial charge in [0.2, 0.25) is 21.8 Å². The molecule has 0 N–H and O–H groups in total. The molecule has 2 spiro atoms. The number of piperidine rings is 1. The van der Waals surface area contributed by atoms with Crippen LogP contribution in [0.4, 0.5) is 0 Å². The number of rotatable bonds is 2. The van der Waals surface area contributed by atoms with Crippen molar-refractivity contribution in [2.45, 2.75) is 33.1 Å². The number of carbonyl (C=O) groups excluding carboxylic acids is 2. The molecule has 3 heterocycles. The Bertz CT molecular complexity index is 654. The number of hydrogen-bond acceptors (Lipinski definition) is 4. The predicted molar refractivity (Wildman–Crippen MR) is 89.6 cm³/mol. The molecule has 3 fully saturated rings. The maximum Gasteiger partial charge on any atom is 0.231 e. The first-order valence-electron chi connectivity index (χ1n) is 8.66.